The Morgan fingerprint density at radius 1 is 1.62 bits per heavy atom. The fourth-order valence-electron chi connectivity index (χ4n) is 1.47. The number of aryl methyl sites for hydroxylation is 1. The number of hydrogen-bond acceptors (Lipinski definition) is 5. The van der Waals surface area contributed by atoms with E-state index in [0.717, 1.165) is 43.2 Å². The second kappa shape index (κ2) is 7.73. The molecule has 1 heterocycles. The number of thiazole rings is 1. The van der Waals surface area contributed by atoms with Crippen LogP contribution in [0.2, 0.25) is 0 Å². The maximum absolute atomic E-state index is 5.95. The maximum Gasteiger partial charge on any atom is 0.0897 e. The first kappa shape index (κ1) is 13.6. The molecule has 1 atom stereocenters. The molecule has 0 aliphatic heterocycles. The van der Waals surface area contributed by atoms with Crippen molar-refractivity contribution < 1.29 is 4.74 Å². The first-order valence-electron chi connectivity index (χ1n) is 5.58. The molecule has 1 aromatic heterocycles. The van der Waals surface area contributed by atoms with E-state index in [1.165, 1.54) is 0 Å². The highest BCUT2D eigenvalue weighted by Crippen LogP contribution is 2.07. The van der Waals surface area contributed by atoms with Crippen LogP contribution in [0.1, 0.15) is 23.5 Å². The maximum atomic E-state index is 5.95. The van der Waals surface area contributed by atoms with Crippen molar-refractivity contribution in [3.8, 4) is 0 Å². The van der Waals surface area contributed by atoms with E-state index >= 15 is 0 Å². The van der Waals surface area contributed by atoms with Crippen molar-refractivity contribution in [2.24, 2.45) is 5.73 Å². The van der Waals surface area contributed by atoms with E-state index in [4.69, 9.17) is 10.5 Å². The highest BCUT2D eigenvalue weighted by atomic mass is 32.1. The fourth-order valence-corrected chi connectivity index (χ4v) is 2.08. The van der Waals surface area contributed by atoms with Gasteiger partial charge in [0, 0.05) is 38.2 Å². The number of hydrogen-bond donors (Lipinski definition) is 2. The van der Waals surface area contributed by atoms with Crippen LogP contribution < -0.4 is 11.1 Å². The highest BCUT2D eigenvalue weighted by molar-refractivity contribution is 7.09. The van der Waals surface area contributed by atoms with Crippen molar-refractivity contribution >= 4 is 11.3 Å². The minimum absolute atomic E-state index is 0.204. The normalized spacial score (nSPS) is 12.9. The lowest BCUT2D eigenvalue weighted by atomic mass is 10.2. The topological polar surface area (TPSA) is 60.2 Å². The Hall–Kier alpha value is -0.490. The van der Waals surface area contributed by atoms with Gasteiger partial charge in [0.15, 0.2) is 0 Å². The average Bonchev–Trinajstić information content (AvgIpc) is 2.65. The van der Waals surface area contributed by atoms with E-state index in [1.54, 1.807) is 18.4 Å². The van der Waals surface area contributed by atoms with Crippen LogP contribution in [0, 0.1) is 6.92 Å². The molecule has 92 valence electrons. The van der Waals surface area contributed by atoms with Crippen LogP contribution >= 0.6 is 11.3 Å². The van der Waals surface area contributed by atoms with E-state index < -0.39 is 0 Å². The number of nitrogens with one attached hydrogen (secondary N) is 1. The summed E-state index contributed by atoms with van der Waals surface area (Å²) in [6, 6.07) is 0.204. The molecule has 0 radical (unpaired) electrons. The third kappa shape index (κ3) is 5.55. The molecule has 16 heavy (non-hydrogen) atoms. The zero-order chi connectivity index (χ0) is 11.8. The van der Waals surface area contributed by atoms with Crippen molar-refractivity contribution in [2.75, 3.05) is 20.3 Å². The molecule has 4 nitrogen and oxygen atoms in total. The zero-order valence-corrected chi connectivity index (χ0v) is 10.8. The van der Waals surface area contributed by atoms with Gasteiger partial charge in [-0.05, 0) is 19.8 Å². The van der Waals surface area contributed by atoms with Crippen LogP contribution in [-0.2, 0) is 11.3 Å². The van der Waals surface area contributed by atoms with Crippen molar-refractivity contribution in [3.63, 3.8) is 0 Å². The Labute approximate surface area is 101 Å². The minimum Gasteiger partial charge on any atom is -0.385 e. The van der Waals surface area contributed by atoms with Crippen molar-refractivity contribution in [1.29, 1.82) is 0 Å². The first-order chi connectivity index (χ1) is 7.72. The lowest BCUT2D eigenvalue weighted by molar-refractivity contribution is 0.190. The van der Waals surface area contributed by atoms with Crippen molar-refractivity contribution in [2.45, 2.75) is 32.4 Å². The van der Waals surface area contributed by atoms with E-state index in [-0.39, 0.29) is 6.04 Å². The number of nitrogens with two attached hydrogens (primary N) is 1. The van der Waals surface area contributed by atoms with Crippen LogP contribution in [0.4, 0.5) is 0 Å². The van der Waals surface area contributed by atoms with Gasteiger partial charge in [0.2, 0.25) is 0 Å². The molecule has 0 amide bonds. The number of methoxy groups -OCH3 is 1. The van der Waals surface area contributed by atoms with Gasteiger partial charge < -0.3 is 15.8 Å². The van der Waals surface area contributed by atoms with Gasteiger partial charge in [0.1, 0.15) is 0 Å². The molecule has 5 heteroatoms. The second-order valence-corrected chi connectivity index (χ2v) is 4.95. The number of ether oxygens (including phenoxy) is 1. The molecule has 0 saturated carbocycles. The molecule has 0 saturated heterocycles. The fraction of sp³-hybridized carbons (Fsp3) is 0.727. The van der Waals surface area contributed by atoms with E-state index in [0.29, 0.717) is 0 Å². The predicted octanol–water partition coefficient (Wildman–Crippen LogP) is 1.30. The Morgan fingerprint density at radius 2 is 2.44 bits per heavy atom. The van der Waals surface area contributed by atoms with Crippen molar-refractivity contribution in [3.05, 3.63) is 16.1 Å². The summed E-state index contributed by atoms with van der Waals surface area (Å²) in [6.07, 6.45) is 2.02. The van der Waals surface area contributed by atoms with Gasteiger partial charge >= 0.3 is 0 Å². The molecule has 1 rings (SSSR count). The van der Waals surface area contributed by atoms with Gasteiger partial charge in [-0.3, -0.25) is 0 Å². The molecule has 1 aromatic rings. The zero-order valence-electron chi connectivity index (χ0n) is 10.0. The molecule has 3 N–H and O–H groups in total. The van der Waals surface area contributed by atoms with Crippen LogP contribution in [0.15, 0.2) is 5.38 Å². The van der Waals surface area contributed by atoms with E-state index in [2.05, 4.69) is 15.7 Å². The van der Waals surface area contributed by atoms with E-state index in [9.17, 15) is 0 Å². The lowest BCUT2D eigenvalue weighted by Crippen LogP contribution is -2.33. The lowest BCUT2D eigenvalue weighted by Gasteiger charge is -2.11. The van der Waals surface area contributed by atoms with Crippen molar-refractivity contribution in [1.82, 2.24) is 10.3 Å². The molecule has 0 aromatic carbocycles. The number of rotatable bonds is 8. The Morgan fingerprint density at radius 3 is 3.06 bits per heavy atom. The van der Waals surface area contributed by atoms with Crippen LogP contribution in [0.25, 0.3) is 0 Å². The van der Waals surface area contributed by atoms with Crippen LogP contribution in [0.3, 0.4) is 0 Å². The van der Waals surface area contributed by atoms with E-state index in [1.807, 2.05) is 6.92 Å². The highest BCUT2D eigenvalue weighted by Gasteiger charge is 2.03. The summed E-state index contributed by atoms with van der Waals surface area (Å²) in [4.78, 5) is 4.38. The summed E-state index contributed by atoms with van der Waals surface area (Å²) in [5.41, 5.74) is 7.05. The smallest absolute Gasteiger partial charge is 0.0897 e. The third-order valence-electron chi connectivity index (χ3n) is 2.30. The standard InChI is InChI=1S/C11H21N3OS/c1-9-14-11(8-16-9)7-13-6-10(12)4-3-5-15-2/h8,10,13H,3-7,12H2,1-2H3. The molecule has 0 aliphatic rings. The quantitative estimate of drug-likeness (QED) is 0.676. The predicted molar refractivity (Wildman–Crippen MR) is 67.6 cm³/mol. The SMILES string of the molecule is COCCCC(N)CNCc1csc(C)n1. The van der Waals surface area contributed by atoms with Gasteiger partial charge in [0.25, 0.3) is 0 Å². The first-order valence-corrected chi connectivity index (χ1v) is 6.46. The summed E-state index contributed by atoms with van der Waals surface area (Å²) in [6.45, 7) is 4.45. The van der Waals surface area contributed by atoms with Gasteiger partial charge in [-0.2, -0.15) is 0 Å². The number of aromatic nitrogens is 1. The van der Waals surface area contributed by atoms with Gasteiger partial charge in [-0.25, -0.2) is 4.98 Å². The van der Waals surface area contributed by atoms with Crippen LogP contribution in [0.5, 0.6) is 0 Å². The summed E-state index contributed by atoms with van der Waals surface area (Å²) in [7, 11) is 1.72. The minimum atomic E-state index is 0.204. The molecular formula is C11H21N3OS. The van der Waals surface area contributed by atoms with Gasteiger partial charge in [-0.15, -0.1) is 11.3 Å². The molecule has 0 bridgehead atoms. The largest absolute Gasteiger partial charge is 0.385 e. The molecule has 1 unspecified atom stereocenters. The monoisotopic (exact) mass is 243 g/mol. The molecule has 0 fully saturated rings. The Bertz CT molecular complexity index is 291. The second-order valence-electron chi connectivity index (χ2n) is 3.88. The number of nitrogens with zero attached hydrogens (tertiary/aromatic N) is 1. The average molecular weight is 243 g/mol. The van der Waals surface area contributed by atoms with Gasteiger partial charge in [0.05, 0.1) is 10.7 Å². The summed E-state index contributed by atoms with van der Waals surface area (Å²) >= 11 is 1.68. The van der Waals surface area contributed by atoms with Crippen LogP contribution in [-0.4, -0.2) is 31.3 Å². The van der Waals surface area contributed by atoms with Gasteiger partial charge in [-0.1, -0.05) is 0 Å². The molecular weight excluding hydrogens is 222 g/mol. The summed E-state index contributed by atoms with van der Waals surface area (Å²) in [5, 5.41) is 6.51. The molecule has 0 aliphatic carbocycles. The summed E-state index contributed by atoms with van der Waals surface area (Å²) in [5.74, 6) is 0. The third-order valence-corrected chi connectivity index (χ3v) is 3.12. The molecule has 0 spiro atoms. The Balaban J connectivity index is 2.06. The summed E-state index contributed by atoms with van der Waals surface area (Å²) < 4.78 is 4.98. The Kier molecular flexibility index (Phi) is 6.56.